The Balaban J connectivity index is 1.66. The van der Waals surface area contributed by atoms with Gasteiger partial charge in [0.05, 0.1) is 12.1 Å². The summed E-state index contributed by atoms with van der Waals surface area (Å²) < 4.78 is 11.2. The molecule has 0 spiro atoms. The third-order valence-corrected chi connectivity index (χ3v) is 4.72. The number of rotatable bonds is 4. The minimum atomic E-state index is -0.568. The van der Waals surface area contributed by atoms with Gasteiger partial charge < -0.3 is 19.7 Å². The molecule has 2 aliphatic heterocycles. The number of benzene rings is 1. The Hall–Kier alpha value is -2.24. The van der Waals surface area contributed by atoms with Crippen LogP contribution in [0.5, 0.6) is 11.5 Å². The molecule has 0 atom stereocenters. The molecule has 1 fully saturated rings. The van der Waals surface area contributed by atoms with E-state index >= 15 is 0 Å². The summed E-state index contributed by atoms with van der Waals surface area (Å²) in [5.41, 5.74) is 0.370. The summed E-state index contributed by atoms with van der Waals surface area (Å²) in [4.78, 5) is 26.2. The lowest BCUT2D eigenvalue weighted by atomic mass is 9.93. The molecule has 0 unspecified atom stereocenters. The fraction of sp³-hybridized carbons (Fsp3) is 0.579. The molecule has 1 aromatic rings. The van der Waals surface area contributed by atoms with E-state index in [0.717, 1.165) is 30.6 Å². The molecule has 0 aliphatic carbocycles. The highest BCUT2D eigenvalue weighted by Gasteiger charge is 2.27. The molecule has 25 heavy (non-hydrogen) atoms. The van der Waals surface area contributed by atoms with Crippen LogP contribution in [0.4, 0.5) is 0 Å². The highest BCUT2D eigenvalue weighted by Crippen LogP contribution is 2.34. The fourth-order valence-corrected chi connectivity index (χ4v) is 3.27. The van der Waals surface area contributed by atoms with Crippen molar-refractivity contribution >= 4 is 11.8 Å². The van der Waals surface area contributed by atoms with Gasteiger partial charge in [-0.25, -0.2) is 0 Å². The Morgan fingerprint density at radius 3 is 2.72 bits per heavy atom. The molecule has 6 nitrogen and oxygen atoms in total. The maximum atomic E-state index is 12.5. The number of ether oxygens (including phenoxy) is 2. The standard InChI is InChI=1S/C19H26N2O4/c1-19(2,14-7-8-15-16(12-14)25-11-10-24-15)20-17(22)13-21-9-5-3-4-6-18(21)23/h7-8,12H,3-6,9-11,13H2,1-2H3,(H,20,22). The first-order chi connectivity index (χ1) is 12.0. The average molecular weight is 346 g/mol. The molecule has 0 saturated carbocycles. The van der Waals surface area contributed by atoms with E-state index in [1.54, 1.807) is 4.90 Å². The molecule has 136 valence electrons. The zero-order valence-electron chi connectivity index (χ0n) is 15.0. The molecule has 2 heterocycles. The number of nitrogens with one attached hydrogen (secondary N) is 1. The predicted molar refractivity (Wildman–Crippen MR) is 93.6 cm³/mol. The first-order valence-electron chi connectivity index (χ1n) is 8.95. The highest BCUT2D eigenvalue weighted by molar-refractivity contribution is 5.85. The van der Waals surface area contributed by atoms with Crippen LogP contribution in [0.15, 0.2) is 18.2 Å². The second kappa shape index (κ2) is 7.33. The summed E-state index contributed by atoms with van der Waals surface area (Å²) in [5.74, 6) is 1.36. The Kier molecular flexibility index (Phi) is 5.16. The van der Waals surface area contributed by atoms with Crippen LogP contribution < -0.4 is 14.8 Å². The normalized spacial score (nSPS) is 17.8. The van der Waals surface area contributed by atoms with Crippen LogP contribution in [0.1, 0.15) is 45.1 Å². The number of likely N-dealkylation sites (tertiary alicyclic amines) is 1. The van der Waals surface area contributed by atoms with Crippen molar-refractivity contribution in [2.24, 2.45) is 0 Å². The summed E-state index contributed by atoms with van der Waals surface area (Å²) in [5, 5.41) is 3.04. The maximum Gasteiger partial charge on any atom is 0.240 e. The number of amides is 2. The van der Waals surface area contributed by atoms with Crippen molar-refractivity contribution < 1.29 is 19.1 Å². The summed E-state index contributed by atoms with van der Waals surface area (Å²) in [6.45, 7) is 5.75. The largest absolute Gasteiger partial charge is 0.486 e. The molecule has 3 rings (SSSR count). The molecule has 0 bridgehead atoms. The van der Waals surface area contributed by atoms with E-state index in [9.17, 15) is 9.59 Å². The first-order valence-corrected chi connectivity index (χ1v) is 8.95. The molecule has 6 heteroatoms. The topological polar surface area (TPSA) is 67.9 Å². The van der Waals surface area contributed by atoms with Gasteiger partial charge in [0.2, 0.25) is 11.8 Å². The highest BCUT2D eigenvalue weighted by atomic mass is 16.6. The van der Waals surface area contributed by atoms with Crippen molar-refractivity contribution in [1.29, 1.82) is 0 Å². The molecule has 2 aliphatic rings. The monoisotopic (exact) mass is 346 g/mol. The molecule has 2 amide bonds. The van der Waals surface area contributed by atoms with E-state index in [1.165, 1.54) is 0 Å². The number of nitrogens with zero attached hydrogens (tertiary/aromatic N) is 1. The summed E-state index contributed by atoms with van der Waals surface area (Å²) in [6, 6.07) is 5.72. The summed E-state index contributed by atoms with van der Waals surface area (Å²) in [7, 11) is 0. The molecule has 0 aromatic heterocycles. The summed E-state index contributed by atoms with van der Waals surface area (Å²) in [6.07, 6.45) is 3.47. The number of hydrogen-bond donors (Lipinski definition) is 1. The lowest BCUT2D eigenvalue weighted by Gasteiger charge is -2.30. The average Bonchev–Trinajstić information content (AvgIpc) is 2.78. The van der Waals surface area contributed by atoms with Gasteiger partial charge >= 0.3 is 0 Å². The van der Waals surface area contributed by atoms with Crippen LogP contribution in [0.2, 0.25) is 0 Å². The van der Waals surface area contributed by atoms with E-state index in [0.29, 0.717) is 31.9 Å². The Bertz CT molecular complexity index is 657. The van der Waals surface area contributed by atoms with Crippen LogP contribution in [0, 0.1) is 0 Å². The second-order valence-corrected chi connectivity index (χ2v) is 7.16. The van der Waals surface area contributed by atoms with Crippen LogP contribution >= 0.6 is 0 Å². The molecule has 0 radical (unpaired) electrons. The quantitative estimate of drug-likeness (QED) is 0.908. The van der Waals surface area contributed by atoms with Crippen molar-refractivity contribution in [2.75, 3.05) is 26.3 Å². The van der Waals surface area contributed by atoms with Crippen molar-refractivity contribution in [2.45, 2.75) is 45.1 Å². The van der Waals surface area contributed by atoms with E-state index in [4.69, 9.17) is 9.47 Å². The first kappa shape index (κ1) is 17.6. The third-order valence-electron chi connectivity index (χ3n) is 4.72. The van der Waals surface area contributed by atoms with E-state index in [2.05, 4.69) is 5.32 Å². The third kappa shape index (κ3) is 4.24. The van der Waals surface area contributed by atoms with Gasteiger partial charge in [-0.15, -0.1) is 0 Å². The minimum Gasteiger partial charge on any atom is -0.486 e. The molecular weight excluding hydrogens is 320 g/mol. The molecular formula is C19H26N2O4. The second-order valence-electron chi connectivity index (χ2n) is 7.16. The van der Waals surface area contributed by atoms with Gasteiger partial charge in [0.25, 0.3) is 0 Å². The number of carbonyl (C=O) groups excluding carboxylic acids is 2. The molecule has 1 saturated heterocycles. The lowest BCUT2D eigenvalue weighted by molar-refractivity contribution is -0.136. The van der Waals surface area contributed by atoms with Gasteiger partial charge in [-0.2, -0.15) is 0 Å². The van der Waals surface area contributed by atoms with Crippen LogP contribution in [0.3, 0.4) is 0 Å². The molecule has 1 N–H and O–H groups in total. The van der Waals surface area contributed by atoms with Gasteiger partial charge in [0, 0.05) is 13.0 Å². The zero-order valence-corrected chi connectivity index (χ0v) is 15.0. The summed E-state index contributed by atoms with van der Waals surface area (Å²) >= 11 is 0. The number of fused-ring (bicyclic) bond motifs is 1. The van der Waals surface area contributed by atoms with E-state index < -0.39 is 5.54 Å². The van der Waals surface area contributed by atoms with Crippen molar-refractivity contribution in [1.82, 2.24) is 10.2 Å². The maximum absolute atomic E-state index is 12.5. The lowest BCUT2D eigenvalue weighted by Crippen LogP contribution is -2.47. The number of carbonyl (C=O) groups is 2. The van der Waals surface area contributed by atoms with Gasteiger partial charge in [-0.1, -0.05) is 12.5 Å². The number of hydrogen-bond acceptors (Lipinski definition) is 4. The fourth-order valence-electron chi connectivity index (χ4n) is 3.27. The minimum absolute atomic E-state index is 0.0739. The van der Waals surface area contributed by atoms with Crippen LogP contribution in [0.25, 0.3) is 0 Å². The Labute approximate surface area is 148 Å². The van der Waals surface area contributed by atoms with Crippen LogP contribution in [-0.2, 0) is 15.1 Å². The van der Waals surface area contributed by atoms with Gasteiger partial charge in [-0.05, 0) is 44.4 Å². The van der Waals surface area contributed by atoms with Crippen LogP contribution in [-0.4, -0.2) is 43.0 Å². The van der Waals surface area contributed by atoms with Gasteiger partial charge in [0.1, 0.15) is 13.2 Å². The molecule has 1 aromatic carbocycles. The Morgan fingerprint density at radius 2 is 1.92 bits per heavy atom. The van der Waals surface area contributed by atoms with Crippen molar-refractivity contribution in [3.63, 3.8) is 0 Å². The predicted octanol–water partition coefficient (Wildman–Crippen LogP) is 2.21. The zero-order chi connectivity index (χ0) is 17.9. The van der Waals surface area contributed by atoms with Crippen molar-refractivity contribution in [3.8, 4) is 11.5 Å². The van der Waals surface area contributed by atoms with Gasteiger partial charge in [-0.3, -0.25) is 9.59 Å². The van der Waals surface area contributed by atoms with Crippen molar-refractivity contribution in [3.05, 3.63) is 23.8 Å². The Morgan fingerprint density at radius 1 is 1.16 bits per heavy atom. The van der Waals surface area contributed by atoms with E-state index in [1.807, 2.05) is 32.0 Å². The SMILES string of the molecule is CC(C)(NC(=O)CN1CCCCCC1=O)c1ccc2c(c1)OCCO2. The smallest absolute Gasteiger partial charge is 0.240 e. The van der Waals surface area contributed by atoms with Gasteiger partial charge in [0.15, 0.2) is 11.5 Å². The van der Waals surface area contributed by atoms with E-state index in [-0.39, 0.29) is 18.4 Å².